The molecule has 2 aliphatic rings. The molecule has 1 spiro atoms. The van der Waals surface area contributed by atoms with E-state index >= 15 is 0 Å². The van der Waals surface area contributed by atoms with Crippen molar-refractivity contribution >= 4 is 11.8 Å². The van der Waals surface area contributed by atoms with Gasteiger partial charge in [0.25, 0.3) is 5.91 Å². The predicted molar refractivity (Wildman–Crippen MR) is 113 cm³/mol. The van der Waals surface area contributed by atoms with E-state index in [4.69, 9.17) is 0 Å². The fourth-order valence-electron chi connectivity index (χ4n) is 4.52. The average Bonchev–Trinajstić information content (AvgIpc) is 3.02. The van der Waals surface area contributed by atoms with E-state index in [0.717, 1.165) is 5.56 Å². The molecule has 2 saturated heterocycles. The lowest BCUT2D eigenvalue weighted by Gasteiger charge is -2.44. The molecule has 0 saturated carbocycles. The molecule has 1 N–H and O–H groups in total. The third-order valence-corrected chi connectivity index (χ3v) is 6.29. The molecule has 2 aromatic rings. The molecule has 2 amide bonds. The summed E-state index contributed by atoms with van der Waals surface area (Å²) in [6.45, 7) is 5.68. The van der Waals surface area contributed by atoms with E-state index in [1.54, 1.807) is 12.1 Å². The standard InChI is InChI=1S/C24H28FN3O2/c1-17(2)21-23(30)28(16-18-8-10-20(25)11-9-18)24(26-21)12-14-27(15-13-24)22(29)19-6-4-3-5-7-19/h3-11,17,21,26H,12-16H2,1-2H3/t21-/m0/s1. The number of carbonyl (C=O) groups excluding carboxylic acids is 2. The molecular weight excluding hydrogens is 381 g/mol. The Labute approximate surface area is 176 Å². The molecule has 2 aliphatic heterocycles. The van der Waals surface area contributed by atoms with Crippen LogP contribution in [0, 0.1) is 11.7 Å². The van der Waals surface area contributed by atoms with Gasteiger partial charge in [-0.15, -0.1) is 0 Å². The number of halogens is 1. The summed E-state index contributed by atoms with van der Waals surface area (Å²) in [5, 5.41) is 3.60. The van der Waals surface area contributed by atoms with Crippen LogP contribution in [-0.4, -0.2) is 46.4 Å². The molecule has 2 fully saturated rings. The number of rotatable bonds is 4. The lowest BCUT2D eigenvalue weighted by atomic mass is 9.94. The van der Waals surface area contributed by atoms with Crippen LogP contribution in [0.3, 0.4) is 0 Å². The highest BCUT2D eigenvalue weighted by molar-refractivity contribution is 5.94. The van der Waals surface area contributed by atoms with Crippen molar-refractivity contribution in [3.05, 3.63) is 71.5 Å². The lowest BCUT2D eigenvalue weighted by Crippen LogP contribution is -2.59. The highest BCUT2D eigenvalue weighted by Gasteiger charge is 2.52. The zero-order valence-corrected chi connectivity index (χ0v) is 17.5. The second-order valence-electron chi connectivity index (χ2n) is 8.61. The SMILES string of the molecule is CC(C)[C@@H]1NC2(CCN(C(=O)c3ccccc3)CC2)N(Cc2ccc(F)cc2)C1=O. The van der Waals surface area contributed by atoms with Crippen molar-refractivity contribution in [2.75, 3.05) is 13.1 Å². The smallest absolute Gasteiger partial charge is 0.253 e. The Morgan fingerprint density at radius 1 is 1.10 bits per heavy atom. The van der Waals surface area contributed by atoms with E-state index in [0.29, 0.717) is 38.0 Å². The topological polar surface area (TPSA) is 52.7 Å². The van der Waals surface area contributed by atoms with Gasteiger partial charge in [-0.1, -0.05) is 44.2 Å². The molecular formula is C24H28FN3O2. The lowest BCUT2D eigenvalue weighted by molar-refractivity contribution is -0.134. The first-order valence-corrected chi connectivity index (χ1v) is 10.6. The van der Waals surface area contributed by atoms with Crippen LogP contribution in [0.2, 0.25) is 0 Å². The molecule has 0 radical (unpaired) electrons. The number of hydrogen-bond acceptors (Lipinski definition) is 3. The van der Waals surface area contributed by atoms with Gasteiger partial charge in [0.15, 0.2) is 0 Å². The molecule has 6 heteroatoms. The second-order valence-corrected chi connectivity index (χ2v) is 8.61. The maximum absolute atomic E-state index is 13.3. The summed E-state index contributed by atoms with van der Waals surface area (Å²) in [5.74, 6) is -0.0128. The van der Waals surface area contributed by atoms with Crippen molar-refractivity contribution < 1.29 is 14.0 Å². The van der Waals surface area contributed by atoms with Crippen molar-refractivity contribution in [2.24, 2.45) is 5.92 Å². The Hall–Kier alpha value is -2.73. The van der Waals surface area contributed by atoms with Crippen molar-refractivity contribution in [3.63, 3.8) is 0 Å². The Kier molecular flexibility index (Phi) is 5.60. The quantitative estimate of drug-likeness (QED) is 0.842. The maximum Gasteiger partial charge on any atom is 0.253 e. The van der Waals surface area contributed by atoms with Crippen LogP contribution in [0.25, 0.3) is 0 Å². The predicted octanol–water partition coefficient (Wildman–Crippen LogP) is 3.41. The summed E-state index contributed by atoms with van der Waals surface area (Å²) in [5.41, 5.74) is 1.11. The van der Waals surface area contributed by atoms with Gasteiger partial charge in [-0.25, -0.2) is 4.39 Å². The number of piperidine rings is 1. The number of nitrogens with zero attached hydrogens (tertiary/aromatic N) is 2. The summed E-state index contributed by atoms with van der Waals surface area (Å²) >= 11 is 0. The van der Waals surface area contributed by atoms with Crippen LogP contribution in [0.1, 0.15) is 42.6 Å². The molecule has 1 atom stereocenters. The minimum Gasteiger partial charge on any atom is -0.338 e. The Morgan fingerprint density at radius 3 is 2.33 bits per heavy atom. The highest BCUT2D eigenvalue weighted by atomic mass is 19.1. The minimum atomic E-state index is -0.478. The fraction of sp³-hybridized carbons (Fsp3) is 0.417. The minimum absolute atomic E-state index is 0.0280. The van der Waals surface area contributed by atoms with E-state index in [2.05, 4.69) is 5.32 Å². The van der Waals surface area contributed by atoms with Crippen LogP contribution in [-0.2, 0) is 11.3 Å². The van der Waals surface area contributed by atoms with Crippen LogP contribution in [0.15, 0.2) is 54.6 Å². The molecule has 2 heterocycles. The monoisotopic (exact) mass is 409 g/mol. The summed E-state index contributed by atoms with van der Waals surface area (Å²) in [6, 6.07) is 15.4. The number of nitrogens with one attached hydrogen (secondary N) is 1. The zero-order chi connectivity index (χ0) is 21.3. The Morgan fingerprint density at radius 2 is 1.73 bits per heavy atom. The number of hydrogen-bond donors (Lipinski definition) is 1. The van der Waals surface area contributed by atoms with E-state index in [-0.39, 0.29) is 29.6 Å². The molecule has 5 nitrogen and oxygen atoms in total. The number of likely N-dealkylation sites (tertiary alicyclic amines) is 1. The Balaban J connectivity index is 1.53. The summed E-state index contributed by atoms with van der Waals surface area (Å²) in [6.07, 6.45) is 1.34. The van der Waals surface area contributed by atoms with Gasteiger partial charge in [0.1, 0.15) is 5.82 Å². The van der Waals surface area contributed by atoms with Crippen LogP contribution >= 0.6 is 0 Å². The van der Waals surface area contributed by atoms with E-state index < -0.39 is 5.66 Å². The highest BCUT2D eigenvalue weighted by Crippen LogP contribution is 2.35. The van der Waals surface area contributed by atoms with Crippen molar-refractivity contribution in [1.82, 2.24) is 15.1 Å². The molecule has 0 aliphatic carbocycles. The largest absolute Gasteiger partial charge is 0.338 e. The summed E-state index contributed by atoms with van der Waals surface area (Å²) < 4.78 is 13.3. The van der Waals surface area contributed by atoms with E-state index in [1.807, 2.05) is 54.0 Å². The number of amides is 2. The molecule has 4 rings (SSSR count). The van der Waals surface area contributed by atoms with Crippen LogP contribution in [0.4, 0.5) is 4.39 Å². The third kappa shape index (κ3) is 3.84. The van der Waals surface area contributed by atoms with Crippen molar-refractivity contribution in [1.29, 1.82) is 0 Å². The first kappa shape index (κ1) is 20.5. The molecule has 2 aromatic carbocycles. The molecule has 158 valence electrons. The molecule has 0 aromatic heterocycles. The average molecular weight is 410 g/mol. The molecule has 0 bridgehead atoms. The van der Waals surface area contributed by atoms with Crippen molar-refractivity contribution in [3.8, 4) is 0 Å². The number of carbonyl (C=O) groups is 2. The summed E-state index contributed by atoms with van der Waals surface area (Å²) in [7, 11) is 0. The van der Waals surface area contributed by atoms with Gasteiger partial charge in [-0.3, -0.25) is 14.9 Å². The van der Waals surface area contributed by atoms with E-state index in [9.17, 15) is 14.0 Å². The normalized spacial score (nSPS) is 20.9. The summed E-state index contributed by atoms with van der Waals surface area (Å²) in [4.78, 5) is 29.8. The molecule has 30 heavy (non-hydrogen) atoms. The number of benzene rings is 2. The van der Waals surface area contributed by atoms with Crippen LogP contribution < -0.4 is 5.32 Å². The van der Waals surface area contributed by atoms with Gasteiger partial charge in [-0.05, 0) is 35.7 Å². The zero-order valence-electron chi connectivity index (χ0n) is 17.5. The second kappa shape index (κ2) is 8.19. The van der Waals surface area contributed by atoms with E-state index in [1.165, 1.54) is 12.1 Å². The van der Waals surface area contributed by atoms with Gasteiger partial charge < -0.3 is 9.80 Å². The molecule has 0 unspecified atom stereocenters. The van der Waals surface area contributed by atoms with Crippen molar-refractivity contribution in [2.45, 2.75) is 44.9 Å². The Bertz CT molecular complexity index is 906. The van der Waals surface area contributed by atoms with Gasteiger partial charge in [0, 0.05) is 38.0 Å². The maximum atomic E-state index is 13.3. The van der Waals surface area contributed by atoms with Gasteiger partial charge >= 0.3 is 0 Å². The van der Waals surface area contributed by atoms with Gasteiger partial charge in [0.05, 0.1) is 11.7 Å². The van der Waals surface area contributed by atoms with Crippen LogP contribution in [0.5, 0.6) is 0 Å². The first-order chi connectivity index (χ1) is 14.4. The third-order valence-electron chi connectivity index (χ3n) is 6.29. The van der Waals surface area contributed by atoms with Gasteiger partial charge in [0.2, 0.25) is 5.91 Å². The van der Waals surface area contributed by atoms with Gasteiger partial charge in [-0.2, -0.15) is 0 Å². The first-order valence-electron chi connectivity index (χ1n) is 10.6. The fourth-order valence-corrected chi connectivity index (χ4v) is 4.52.